The summed E-state index contributed by atoms with van der Waals surface area (Å²) in [6, 6.07) is 18.9. The zero-order chi connectivity index (χ0) is 27.3. The van der Waals surface area contributed by atoms with Crippen LogP contribution < -0.4 is 5.32 Å². The molecule has 1 fully saturated rings. The molecule has 0 aromatic heterocycles. The van der Waals surface area contributed by atoms with Crippen LogP contribution in [0.3, 0.4) is 0 Å². The minimum Gasteiger partial charge on any atom is -0.325 e. The minimum atomic E-state index is -4.22. The molecule has 1 saturated heterocycles. The van der Waals surface area contributed by atoms with E-state index < -0.39 is 38.3 Å². The fourth-order valence-corrected chi connectivity index (χ4v) is 7.48. The first kappa shape index (κ1) is 27.9. The molecule has 0 radical (unpaired) electrons. The summed E-state index contributed by atoms with van der Waals surface area (Å²) in [5.74, 6) is -1.02. The van der Waals surface area contributed by atoms with E-state index in [9.17, 15) is 26.0 Å². The lowest BCUT2D eigenvalue weighted by Gasteiger charge is -2.32. The maximum absolute atomic E-state index is 13.6. The van der Waals surface area contributed by atoms with Crippen LogP contribution in [0.1, 0.15) is 31.7 Å². The highest BCUT2D eigenvalue weighted by molar-refractivity contribution is 7.89. The molecular formula is C27H30FN3O5S2. The minimum absolute atomic E-state index is 0.0112. The summed E-state index contributed by atoms with van der Waals surface area (Å²) in [5, 5.41) is 2.67. The molecule has 3 aromatic carbocycles. The first-order chi connectivity index (χ1) is 18.1. The van der Waals surface area contributed by atoms with Gasteiger partial charge in [-0.15, -0.1) is 0 Å². The number of sulfonamides is 2. The Hall–Kier alpha value is -3.12. The maximum atomic E-state index is 13.6. The molecule has 1 aliphatic rings. The molecule has 1 atom stereocenters. The van der Waals surface area contributed by atoms with Crippen molar-refractivity contribution in [2.45, 2.75) is 48.6 Å². The van der Waals surface area contributed by atoms with Crippen LogP contribution in [0.4, 0.5) is 10.1 Å². The highest BCUT2D eigenvalue weighted by Crippen LogP contribution is 2.27. The van der Waals surface area contributed by atoms with Crippen LogP contribution in [0.2, 0.25) is 0 Å². The van der Waals surface area contributed by atoms with Crippen LogP contribution in [0.25, 0.3) is 0 Å². The number of para-hydroxylation sites is 1. The number of hydrogen-bond acceptors (Lipinski definition) is 5. The van der Waals surface area contributed by atoms with Crippen molar-refractivity contribution < 1.29 is 26.0 Å². The quantitative estimate of drug-likeness (QED) is 0.423. The van der Waals surface area contributed by atoms with Gasteiger partial charge in [0.25, 0.3) is 0 Å². The normalized spacial score (nSPS) is 16.9. The molecule has 38 heavy (non-hydrogen) atoms. The van der Waals surface area contributed by atoms with E-state index in [0.717, 1.165) is 23.6 Å². The van der Waals surface area contributed by atoms with Gasteiger partial charge in [0.2, 0.25) is 26.0 Å². The van der Waals surface area contributed by atoms with E-state index in [0.29, 0.717) is 17.8 Å². The van der Waals surface area contributed by atoms with Crippen LogP contribution in [0.15, 0.2) is 88.7 Å². The number of carbonyl (C=O) groups is 1. The van der Waals surface area contributed by atoms with Gasteiger partial charge in [0.05, 0.1) is 16.3 Å². The lowest BCUT2D eigenvalue weighted by atomic mass is 10.1. The van der Waals surface area contributed by atoms with Crippen molar-refractivity contribution >= 4 is 31.6 Å². The number of piperidine rings is 1. The molecule has 1 aliphatic heterocycles. The van der Waals surface area contributed by atoms with E-state index in [1.54, 1.807) is 30.3 Å². The Morgan fingerprint density at radius 3 is 2.18 bits per heavy atom. The summed E-state index contributed by atoms with van der Waals surface area (Å²) in [5.41, 5.74) is 0.999. The number of amides is 1. The Labute approximate surface area is 223 Å². The number of halogens is 1. The number of rotatable bonds is 9. The van der Waals surface area contributed by atoms with E-state index in [-0.39, 0.29) is 22.4 Å². The van der Waals surface area contributed by atoms with Crippen molar-refractivity contribution in [3.63, 3.8) is 0 Å². The van der Waals surface area contributed by atoms with Crippen molar-refractivity contribution in [3.8, 4) is 0 Å². The molecule has 8 nitrogen and oxygen atoms in total. The average Bonchev–Trinajstić information content (AvgIpc) is 2.90. The van der Waals surface area contributed by atoms with Crippen molar-refractivity contribution in [2.24, 2.45) is 0 Å². The monoisotopic (exact) mass is 559 g/mol. The third-order valence-corrected chi connectivity index (χ3v) is 10.3. The van der Waals surface area contributed by atoms with E-state index in [1.807, 2.05) is 6.92 Å². The van der Waals surface area contributed by atoms with Gasteiger partial charge >= 0.3 is 0 Å². The number of benzene rings is 3. The number of nitrogens with zero attached hydrogens (tertiary/aromatic N) is 2. The molecule has 0 bridgehead atoms. The average molecular weight is 560 g/mol. The van der Waals surface area contributed by atoms with E-state index >= 15 is 0 Å². The predicted molar refractivity (Wildman–Crippen MR) is 143 cm³/mol. The van der Waals surface area contributed by atoms with Crippen LogP contribution >= 0.6 is 0 Å². The maximum Gasteiger partial charge on any atom is 0.243 e. The van der Waals surface area contributed by atoms with Crippen molar-refractivity contribution in [3.05, 3.63) is 90.2 Å². The van der Waals surface area contributed by atoms with Gasteiger partial charge in [0, 0.05) is 24.8 Å². The van der Waals surface area contributed by atoms with Gasteiger partial charge in [-0.25, -0.2) is 21.2 Å². The second kappa shape index (κ2) is 11.7. The zero-order valence-electron chi connectivity index (χ0n) is 21.0. The topological polar surface area (TPSA) is 104 Å². The smallest absolute Gasteiger partial charge is 0.243 e. The molecule has 202 valence electrons. The molecule has 0 saturated carbocycles. The number of anilines is 1. The first-order valence-corrected chi connectivity index (χ1v) is 15.2. The number of carbonyl (C=O) groups excluding carboxylic acids is 1. The molecular weight excluding hydrogens is 529 g/mol. The van der Waals surface area contributed by atoms with Crippen LogP contribution in [0, 0.1) is 5.82 Å². The van der Waals surface area contributed by atoms with E-state index in [4.69, 9.17) is 0 Å². The second-order valence-corrected chi connectivity index (χ2v) is 13.1. The number of nitrogens with one attached hydrogen (secondary N) is 1. The van der Waals surface area contributed by atoms with Crippen LogP contribution in [-0.2, 0) is 31.4 Å². The summed E-state index contributed by atoms with van der Waals surface area (Å²) in [4.78, 5) is 12.6. The molecule has 1 heterocycles. The van der Waals surface area contributed by atoms with Crippen molar-refractivity contribution in [2.75, 3.05) is 18.4 Å². The summed E-state index contributed by atoms with van der Waals surface area (Å²) in [6.45, 7) is 1.60. The summed E-state index contributed by atoms with van der Waals surface area (Å²) in [7, 11) is -8.00. The van der Waals surface area contributed by atoms with Crippen molar-refractivity contribution in [1.29, 1.82) is 0 Å². The summed E-state index contributed by atoms with van der Waals surface area (Å²) < 4.78 is 69.4. The molecule has 0 aliphatic carbocycles. The Morgan fingerprint density at radius 1 is 0.921 bits per heavy atom. The van der Waals surface area contributed by atoms with Crippen molar-refractivity contribution in [1.82, 2.24) is 8.61 Å². The SMILES string of the molecule is C[C@H]1CCCCN1S(=O)(=O)c1ccc(S(=O)(=O)N(CC(=O)Nc2ccccc2)Cc2ccc(F)cc2)cc1. The largest absolute Gasteiger partial charge is 0.325 e. The molecule has 1 amide bonds. The third-order valence-electron chi connectivity index (χ3n) is 6.46. The molecule has 1 N–H and O–H groups in total. The lowest BCUT2D eigenvalue weighted by Crippen LogP contribution is -2.41. The zero-order valence-corrected chi connectivity index (χ0v) is 22.6. The highest BCUT2D eigenvalue weighted by atomic mass is 32.2. The lowest BCUT2D eigenvalue weighted by molar-refractivity contribution is -0.116. The molecule has 3 aromatic rings. The molecule has 11 heteroatoms. The predicted octanol–water partition coefficient (Wildman–Crippen LogP) is 4.22. The van der Waals surface area contributed by atoms with E-state index in [2.05, 4.69) is 5.32 Å². The Balaban J connectivity index is 1.60. The van der Waals surface area contributed by atoms with Gasteiger partial charge in [-0.05, 0) is 73.9 Å². The van der Waals surface area contributed by atoms with Gasteiger partial charge in [-0.1, -0.05) is 36.8 Å². The fraction of sp³-hybridized carbons (Fsp3) is 0.296. The second-order valence-electron chi connectivity index (χ2n) is 9.25. The van der Waals surface area contributed by atoms with E-state index in [1.165, 1.54) is 52.8 Å². The van der Waals surface area contributed by atoms with Crippen LogP contribution in [-0.4, -0.2) is 50.5 Å². The summed E-state index contributed by atoms with van der Waals surface area (Å²) >= 11 is 0. The molecule has 0 spiro atoms. The first-order valence-electron chi connectivity index (χ1n) is 12.3. The van der Waals surface area contributed by atoms with Gasteiger partial charge in [0.1, 0.15) is 5.82 Å². The number of hydrogen-bond donors (Lipinski definition) is 1. The van der Waals surface area contributed by atoms with Crippen LogP contribution in [0.5, 0.6) is 0 Å². The fourth-order valence-electron chi connectivity index (χ4n) is 4.40. The summed E-state index contributed by atoms with van der Waals surface area (Å²) in [6.07, 6.45) is 2.51. The third kappa shape index (κ3) is 6.47. The van der Waals surface area contributed by atoms with Gasteiger partial charge < -0.3 is 5.32 Å². The Morgan fingerprint density at radius 2 is 1.55 bits per heavy atom. The highest BCUT2D eigenvalue weighted by Gasteiger charge is 2.32. The molecule has 0 unspecified atom stereocenters. The standard InChI is InChI=1S/C27H30FN3O5S2/c1-21-7-5-6-18-31(21)38(35,36)26-16-14-25(15-17-26)37(33,34)30(19-22-10-12-23(28)13-11-22)20-27(32)29-24-8-3-2-4-9-24/h2-4,8-17,21H,5-7,18-20H2,1H3,(H,29,32)/t21-/m0/s1. The van der Waals surface area contributed by atoms with Gasteiger partial charge in [0.15, 0.2) is 0 Å². The Bertz CT molecular complexity index is 1460. The van der Waals surface area contributed by atoms with Gasteiger partial charge in [-0.3, -0.25) is 4.79 Å². The van der Waals surface area contributed by atoms with Gasteiger partial charge in [-0.2, -0.15) is 8.61 Å². The molecule has 4 rings (SSSR count). The Kier molecular flexibility index (Phi) is 8.61.